The Bertz CT molecular complexity index is 1140. The van der Waals surface area contributed by atoms with E-state index in [0.29, 0.717) is 17.0 Å². The number of aryl methyl sites for hydroxylation is 2. The van der Waals surface area contributed by atoms with Gasteiger partial charge in [0.25, 0.3) is 17.1 Å². The molecule has 2 aromatic carbocycles. The van der Waals surface area contributed by atoms with Gasteiger partial charge in [0.1, 0.15) is 12.3 Å². The lowest BCUT2D eigenvalue weighted by atomic mass is 10.1. The maximum atomic E-state index is 12.5. The number of amides is 3. The number of ether oxygens (including phenoxy) is 2. The van der Waals surface area contributed by atoms with Crippen molar-refractivity contribution in [2.45, 2.75) is 33.8 Å². The SMILES string of the molecule is Cc1ccc(NC(=O)COc2ccc(/C=C3\SC(=O)N(CC(=O)OC(C)C)C3=O)cc2)cc1C. The largest absolute Gasteiger partial charge is 0.484 e. The number of carbonyl (C=O) groups excluding carboxylic acids is 4. The van der Waals surface area contributed by atoms with E-state index in [-0.39, 0.29) is 23.5 Å². The summed E-state index contributed by atoms with van der Waals surface area (Å²) in [6, 6.07) is 12.4. The minimum Gasteiger partial charge on any atom is -0.484 e. The van der Waals surface area contributed by atoms with E-state index in [9.17, 15) is 19.2 Å². The van der Waals surface area contributed by atoms with Crippen LogP contribution in [0.1, 0.15) is 30.5 Å². The molecule has 0 aliphatic carbocycles. The Morgan fingerprint density at radius 3 is 2.41 bits per heavy atom. The number of esters is 1. The molecule has 0 radical (unpaired) electrons. The lowest BCUT2D eigenvalue weighted by Crippen LogP contribution is -2.35. The van der Waals surface area contributed by atoms with Gasteiger partial charge in [0.2, 0.25) is 0 Å². The van der Waals surface area contributed by atoms with Crippen LogP contribution in [-0.4, -0.2) is 47.2 Å². The number of rotatable bonds is 8. The normalized spacial score (nSPS) is 14.6. The van der Waals surface area contributed by atoms with Gasteiger partial charge in [-0.3, -0.25) is 24.1 Å². The highest BCUT2D eigenvalue weighted by Gasteiger charge is 2.36. The van der Waals surface area contributed by atoms with E-state index in [4.69, 9.17) is 9.47 Å². The van der Waals surface area contributed by atoms with Crippen LogP contribution in [0.15, 0.2) is 47.4 Å². The Morgan fingerprint density at radius 2 is 1.76 bits per heavy atom. The molecule has 1 aliphatic rings. The van der Waals surface area contributed by atoms with E-state index < -0.39 is 23.7 Å². The van der Waals surface area contributed by atoms with Gasteiger partial charge in [-0.05, 0) is 86.5 Å². The second-order valence-electron chi connectivity index (χ2n) is 8.01. The molecule has 8 nitrogen and oxygen atoms in total. The van der Waals surface area contributed by atoms with Gasteiger partial charge in [-0.25, -0.2) is 0 Å². The molecule has 3 rings (SSSR count). The first kappa shape index (κ1) is 25.0. The number of carbonyl (C=O) groups is 4. The first-order valence-electron chi connectivity index (χ1n) is 10.7. The molecule has 0 saturated carbocycles. The summed E-state index contributed by atoms with van der Waals surface area (Å²) < 4.78 is 10.5. The fraction of sp³-hybridized carbons (Fsp3) is 0.280. The quantitative estimate of drug-likeness (QED) is 0.442. The molecule has 1 heterocycles. The molecule has 178 valence electrons. The number of hydrogen-bond acceptors (Lipinski definition) is 7. The first-order chi connectivity index (χ1) is 16.1. The summed E-state index contributed by atoms with van der Waals surface area (Å²) >= 11 is 0.765. The zero-order valence-corrected chi connectivity index (χ0v) is 20.2. The van der Waals surface area contributed by atoms with Crippen LogP contribution in [0.25, 0.3) is 6.08 Å². The van der Waals surface area contributed by atoms with Crippen molar-refractivity contribution >= 4 is 46.5 Å². The molecule has 2 aromatic rings. The van der Waals surface area contributed by atoms with E-state index in [1.54, 1.807) is 44.2 Å². The van der Waals surface area contributed by atoms with Crippen LogP contribution in [-0.2, 0) is 19.1 Å². The number of hydrogen-bond donors (Lipinski definition) is 1. The monoisotopic (exact) mass is 482 g/mol. The van der Waals surface area contributed by atoms with E-state index in [0.717, 1.165) is 27.8 Å². The number of imide groups is 1. The molecule has 0 aromatic heterocycles. The predicted octanol–water partition coefficient (Wildman–Crippen LogP) is 4.31. The third-order valence-electron chi connectivity index (χ3n) is 4.87. The predicted molar refractivity (Wildman–Crippen MR) is 130 cm³/mol. The van der Waals surface area contributed by atoms with Gasteiger partial charge in [-0.2, -0.15) is 0 Å². The van der Waals surface area contributed by atoms with Gasteiger partial charge >= 0.3 is 5.97 Å². The highest BCUT2D eigenvalue weighted by molar-refractivity contribution is 8.18. The molecule has 0 bridgehead atoms. The highest BCUT2D eigenvalue weighted by atomic mass is 32.2. The molecule has 1 N–H and O–H groups in total. The van der Waals surface area contributed by atoms with Gasteiger partial charge < -0.3 is 14.8 Å². The van der Waals surface area contributed by atoms with Crippen molar-refractivity contribution in [1.82, 2.24) is 4.90 Å². The number of anilines is 1. The summed E-state index contributed by atoms with van der Waals surface area (Å²) in [5.74, 6) is -0.977. The average Bonchev–Trinajstić information content (AvgIpc) is 3.02. The van der Waals surface area contributed by atoms with Crippen molar-refractivity contribution in [3.8, 4) is 5.75 Å². The third-order valence-corrected chi connectivity index (χ3v) is 5.77. The molecule has 1 fully saturated rings. The van der Waals surface area contributed by atoms with Crippen molar-refractivity contribution in [2.75, 3.05) is 18.5 Å². The third kappa shape index (κ3) is 6.71. The maximum Gasteiger partial charge on any atom is 0.326 e. The summed E-state index contributed by atoms with van der Waals surface area (Å²) in [4.78, 5) is 49.7. The second kappa shape index (κ2) is 11.0. The van der Waals surface area contributed by atoms with Crippen LogP contribution >= 0.6 is 11.8 Å². The van der Waals surface area contributed by atoms with Gasteiger partial charge in [-0.15, -0.1) is 0 Å². The van der Waals surface area contributed by atoms with Gasteiger partial charge in [0, 0.05) is 5.69 Å². The average molecular weight is 483 g/mol. The molecule has 0 spiro atoms. The molecule has 3 amide bonds. The second-order valence-corrected chi connectivity index (χ2v) is 9.00. The molecule has 1 aliphatic heterocycles. The van der Waals surface area contributed by atoms with E-state index in [2.05, 4.69) is 5.32 Å². The molecule has 34 heavy (non-hydrogen) atoms. The Kier molecular flexibility index (Phi) is 8.12. The summed E-state index contributed by atoms with van der Waals surface area (Å²) in [7, 11) is 0. The van der Waals surface area contributed by atoms with Crippen LogP contribution < -0.4 is 10.1 Å². The Balaban J connectivity index is 1.55. The van der Waals surface area contributed by atoms with E-state index in [1.807, 2.05) is 32.0 Å². The van der Waals surface area contributed by atoms with E-state index >= 15 is 0 Å². The lowest BCUT2D eigenvalue weighted by molar-refractivity contribution is -0.149. The number of nitrogens with one attached hydrogen (secondary N) is 1. The highest BCUT2D eigenvalue weighted by Crippen LogP contribution is 2.32. The Morgan fingerprint density at radius 1 is 1.06 bits per heavy atom. The van der Waals surface area contributed by atoms with Gasteiger partial charge in [0.15, 0.2) is 6.61 Å². The van der Waals surface area contributed by atoms with Gasteiger partial charge in [-0.1, -0.05) is 18.2 Å². The number of benzene rings is 2. The van der Waals surface area contributed by atoms with Crippen molar-refractivity contribution in [2.24, 2.45) is 0 Å². The molecule has 9 heteroatoms. The minimum atomic E-state index is -0.637. The van der Waals surface area contributed by atoms with Crippen LogP contribution in [0.2, 0.25) is 0 Å². The Hall–Kier alpha value is -3.59. The fourth-order valence-electron chi connectivity index (χ4n) is 3.04. The molecule has 0 atom stereocenters. The topological polar surface area (TPSA) is 102 Å². The molecule has 1 saturated heterocycles. The summed E-state index contributed by atoms with van der Waals surface area (Å²) in [5, 5.41) is 2.27. The maximum absolute atomic E-state index is 12.5. The zero-order valence-electron chi connectivity index (χ0n) is 19.4. The van der Waals surface area contributed by atoms with Gasteiger partial charge in [0.05, 0.1) is 11.0 Å². The van der Waals surface area contributed by atoms with Crippen molar-refractivity contribution in [3.63, 3.8) is 0 Å². The first-order valence-corrected chi connectivity index (χ1v) is 11.5. The molecular formula is C25H26N2O6S. The van der Waals surface area contributed by atoms with Crippen LogP contribution in [0.3, 0.4) is 0 Å². The number of nitrogens with zero attached hydrogens (tertiary/aromatic N) is 1. The minimum absolute atomic E-state index is 0.155. The van der Waals surface area contributed by atoms with Crippen molar-refractivity contribution in [3.05, 3.63) is 64.1 Å². The lowest BCUT2D eigenvalue weighted by Gasteiger charge is -2.13. The van der Waals surface area contributed by atoms with Crippen LogP contribution in [0.4, 0.5) is 10.5 Å². The number of thioether (sulfide) groups is 1. The van der Waals surface area contributed by atoms with E-state index in [1.165, 1.54) is 0 Å². The standard InChI is InChI=1S/C25H26N2O6S/c1-15(2)33-23(29)13-27-24(30)21(34-25(27)31)12-18-6-9-20(10-7-18)32-14-22(28)26-19-8-5-16(3)17(4)11-19/h5-12,15H,13-14H2,1-4H3,(H,26,28)/b21-12-. The fourth-order valence-corrected chi connectivity index (χ4v) is 3.88. The zero-order chi connectivity index (χ0) is 24.8. The van der Waals surface area contributed by atoms with Crippen molar-refractivity contribution in [1.29, 1.82) is 0 Å². The smallest absolute Gasteiger partial charge is 0.326 e. The van der Waals surface area contributed by atoms with Crippen LogP contribution in [0, 0.1) is 13.8 Å². The molecule has 0 unspecified atom stereocenters. The molecular weight excluding hydrogens is 456 g/mol. The summed E-state index contributed by atoms with van der Waals surface area (Å²) in [6.45, 7) is 6.79. The Labute approximate surface area is 202 Å². The van der Waals surface area contributed by atoms with Crippen molar-refractivity contribution < 1.29 is 28.7 Å². The van der Waals surface area contributed by atoms with Crippen LogP contribution in [0.5, 0.6) is 5.75 Å². The summed E-state index contributed by atoms with van der Waals surface area (Å²) in [5.41, 5.74) is 3.61. The summed E-state index contributed by atoms with van der Waals surface area (Å²) in [6.07, 6.45) is 1.23.